The molecule has 0 radical (unpaired) electrons. The molecule has 2 rings (SSSR count). The number of benzene rings is 1. The maximum absolute atomic E-state index is 6.31. The predicted octanol–water partition coefficient (Wildman–Crippen LogP) is 4.69. The first-order chi connectivity index (χ1) is 10.1. The Hall–Kier alpha value is -0.860. The van der Waals surface area contributed by atoms with Crippen molar-refractivity contribution in [1.82, 2.24) is 5.32 Å². The molecule has 1 aromatic rings. The minimum Gasteiger partial charge on any atom is -0.373 e. The van der Waals surface area contributed by atoms with E-state index >= 15 is 0 Å². The average molecular weight is 289 g/mol. The van der Waals surface area contributed by atoms with Crippen LogP contribution in [0.5, 0.6) is 0 Å². The predicted molar refractivity (Wildman–Crippen MR) is 89.8 cm³/mol. The van der Waals surface area contributed by atoms with E-state index < -0.39 is 0 Å². The summed E-state index contributed by atoms with van der Waals surface area (Å²) in [5.41, 5.74) is 4.12. The Morgan fingerprint density at radius 1 is 1.14 bits per heavy atom. The van der Waals surface area contributed by atoms with Crippen LogP contribution in [-0.4, -0.2) is 18.8 Å². The number of hydrogen-bond acceptors (Lipinski definition) is 2. The molecular formula is C19H31NO. The van der Waals surface area contributed by atoms with Gasteiger partial charge in [-0.15, -0.1) is 0 Å². The van der Waals surface area contributed by atoms with Gasteiger partial charge < -0.3 is 10.1 Å². The van der Waals surface area contributed by atoms with Crippen LogP contribution in [0.25, 0.3) is 0 Å². The van der Waals surface area contributed by atoms with Gasteiger partial charge in [-0.25, -0.2) is 0 Å². The number of aryl methyl sites for hydroxylation is 2. The highest BCUT2D eigenvalue weighted by molar-refractivity contribution is 5.33. The Labute approximate surface area is 130 Å². The molecule has 21 heavy (non-hydrogen) atoms. The molecule has 0 spiro atoms. The van der Waals surface area contributed by atoms with Crippen molar-refractivity contribution in [2.75, 3.05) is 13.2 Å². The molecule has 0 bridgehead atoms. The average Bonchev–Trinajstić information content (AvgIpc) is 2.93. The third kappa shape index (κ3) is 3.67. The third-order valence-corrected chi connectivity index (χ3v) is 4.87. The number of ether oxygens (including phenoxy) is 1. The van der Waals surface area contributed by atoms with Crippen LogP contribution >= 0.6 is 0 Å². The molecule has 2 heteroatoms. The van der Waals surface area contributed by atoms with Crippen molar-refractivity contribution in [1.29, 1.82) is 0 Å². The van der Waals surface area contributed by atoms with Crippen molar-refractivity contribution in [3.05, 3.63) is 34.9 Å². The summed E-state index contributed by atoms with van der Waals surface area (Å²) in [6.45, 7) is 10.6. The smallest absolute Gasteiger partial charge is 0.0876 e. The molecule has 2 nitrogen and oxygen atoms in total. The van der Waals surface area contributed by atoms with Crippen molar-refractivity contribution in [3.63, 3.8) is 0 Å². The molecule has 1 aromatic carbocycles. The van der Waals surface area contributed by atoms with E-state index in [2.05, 4.69) is 51.2 Å². The van der Waals surface area contributed by atoms with Crippen molar-refractivity contribution in [3.8, 4) is 0 Å². The van der Waals surface area contributed by atoms with E-state index in [-0.39, 0.29) is 5.60 Å². The maximum atomic E-state index is 6.31. The lowest BCUT2D eigenvalue weighted by atomic mass is 9.85. The van der Waals surface area contributed by atoms with Crippen LogP contribution in [0.1, 0.15) is 68.7 Å². The second-order valence-corrected chi connectivity index (χ2v) is 6.44. The Kier molecular flexibility index (Phi) is 5.83. The molecule has 1 aliphatic carbocycles. The highest BCUT2D eigenvalue weighted by atomic mass is 16.5. The molecule has 1 unspecified atom stereocenters. The van der Waals surface area contributed by atoms with Crippen LogP contribution in [0, 0.1) is 13.8 Å². The summed E-state index contributed by atoms with van der Waals surface area (Å²) in [6.07, 6.45) is 6.08. The van der Waals surface area contributed by atoms with Crippen molar-refractivity contribution < 1.29 is 4.74 Å². The quantitative estimate of drug-likeness (QED) is 0.786. The second-order valence-electron chi connectivity index (χ2n) is 6.44. The topological polar surface area (TPSA) is 21.3 Å². The van der Waals surface area contributed by atoms with Crippen molar-refractivity contribution in [2.45, 2.75) is 71.4 Å². The van der Waals surface area contributed by atoms with Gasteiger partial charge in [-0.05, 0) is 63.3 Å². The zero-order chi connectivity index (χ0) is 15.3. The minimum absolute atomic E-state index is 0.00832. The molecule has 0 heterocycles. The van der Waals surface area contributed by atoms with Gasteiger partial charge in [0.05, 0.1) is 11.6 Å². The lowest BCUT2D eigenvalue weighted by Crippen LogP contribution is -2.44. The standard InChI is InChI=1S/C19H31NO/c1-5-13-20-18(17-10-9-15(3)16(4)14-17)19(21-6-2)11-7-8-12-19/h9-10,14,18,20H,5-8,11-13H2,1-4H3. The van der Waals surface area contributed by atoms with E-state index in [9.17, 15) is 0 Å². The van der Waals surface area contributed by atoms with Gasteiger partial charge in [-0.1, -0.05) is 38.0 Å². The third-order valence-electron chi connectivity index (χ3n) is 4.87. The number of hydrogen-bond donors (Lipinski definition) is 1. The number of rotatable bonds is 7. The molecule has 0 aliphatic heterocycles. The monoisotopic (exact) mass is 289 g/mol. The summed E-state index contributed by atoms with van der Waals surface area (Å²) in [7, 11) is 0. The largest absolute Gasteiger partial charge is 0.373 e. The molecular weight excluding hydrogens is 258 g/mol. The first-order valence-corrected chi connectivity index (χ1v) is 8.57. The van der Waals surface area contributed by atoms with Crippen LogP contribution in [0.2, 0.25) is 0 Å². The Balaban J connectivity index is 2.33. The molecule has 0 amide bonds. The first kappa shape index (κ1) is 16.5. The lowest BCUT2D eigenvalue weighted by molar-refractivity contribution is -0.0626. The minimum atomic E-state index is -0.00832. The van der Waals surface area contributed by atoms with E-state index in [0.717, 1.165) is 19.6 Å². The van der Waals surface area contributed by atoms with Crippen LogP contribution in [-0.2, 0) is 4.74 Å². The molecule has 118 valence electrons. The van der Waals surface area contributed by atoms with E-state index in [1.807, 2.05) is 0 Å². The molecule has 1 atom stereocenters. The van der Waals surface area contributed by atoms with Crippen molar-refractivity contribution in [2.24, 2.45) is 0 Å². The van der Waals surface area contributed by atoms with Crippen LogP contribution in [0.3, 0.4) is 0 Å². The van der Waals surface area contributed by atoms with Crippen LogP contribution < -0.4 is 5.32 Å². The summed E-state index contributed by atoms with van der Waals surface area (Å²) < 4.78 is 6.31. The summed E-state index contributed by atoms with van der Waals surface area (Å²) in [5, 5.41) is 3.77. The van der Waals surface area contributed by atoms with Crippen molar-refractivity contribution >= 4 is 0 Å². The molecule has 0 saturated heterocycles. The summed E-state index contributed by atoms with van der Waals surface area (Å²) >= 11 is 0. The van der Waals surface area contributed by atoms with Gasteiger partial charge >= 0.3 is 0 Å². The highest BCUT2D eigenvalue weighted by Gasteiger charge is 2.42. The van der Waals surface area contributed by atoms with Gasteiger partial charge in [-0.3, -0.25) is 0 Å². The molecule has 0 aromatic heterocycles. The summed E-state index contributed by atoms with van der Waals surface area (Å²) in [4.78, 5) is 0. The first-order valence-electron chi connectivity index (χ1n) is 8.57. The zero-order valence-electron chi connectivity index (χ0n) is 14.2. The van der Waals surface area contributed by atoms with E-state index in [4.69, 9.17) is 4.74 Å². The number of nitrogens with one attached hydrogen (secondary N) is 1. The maximum Gasteiger partial charge on any atom is 0.0876 e. The van der Waals surface area contributed by atoms with Gasteiger partial charge in [0.25, 0.3) is 0 Å². The van der Waals surface area contributed by atoms with Gasteiger partial charge in [0.1, 0.15) is 0 Å². The summed E-state index contributed by atoms with van der Waals surface area (Å²) in [6, 6.07) is 7.20. The Morgan fingerprint density at radius 3 is 2.43 bits per heavy atom. The molecule has 1 N–H and O–H groups in total. The van der Waals surface area contributed by atoms with E-state index in [1.165, 1.54) is 42.4 Å². The fraction of sp³-hybridized carbons (Fsp3) is 0.684. The molecule has 1 fully saturated rings. The SMILES string of the molecule is CCCNC(c1ccc(C)c(C)c1)C1(OCC)CCCC1. The normalized spacial score (nSPS) is 18.9. The van der Waals surface area contributed by atoms with Gasteiger partial charge in [0.2, 0.25) is 0 Å². The highest BCUT2D eigenvalue weighted by Crippen LogP contribution is 2.43. The summed E-state index contributed by atoms with van der Waals surface area (Å²) in [5.74, 6) is 0. The molecule has 1 saturated carbocycles. The molecule has 1 aliphatic rings. The fourth-order valence-corrected chi connectivity index (χ4v) is 3.62. The van der Waals surface area contributed by atoms with E-state index in [1.54, 1.807) is 0 Å². The Morgan fingerprint density at radius 2 is 1.86 bits per heavy atom. The zero-order valence-corrected chi connectivity index (χ0v) is 14.2. The van der Waals surface area contributed by atoms with E-state index in [0.29, 0.717) is 6.04 Å². The van der Waals surface area contributed by atoms with Gasteiger partial charge in [-0.2, -0.15) is 0 Å². The van der Waals surface area contributed by atoms with Crippen LogP contribution in [0.4, 0.5) is 0 Å². The second kappa shape index (κ2) is 7.42. The Bertz CT molecular complexity index is 449. The lowest BCUT2D eigenvalue weighted by Gasteiger charge is -2.38. The fourth-order valence-electron chi connectivity index (χ4n) is 3.62. The van der Waals surface area contributed by atoms with Crippen LogP contribution in [0.15, 0.2) is 18.2 Å². The van der Waals surface area contributed by atoms with Gasteiger partial charge in [0, 0.05) is 6.61 Å². The van der Waals surface area contributed by atoms with Gasteiger partial charge in [0.15, 0.2) is 0 Å².